The van der Waals surface area contributed by atoms with Gasteiger partial charge in [-0.2, -0.15) is 0 Å². The highest BCUT2D eigenvalue weighted by Crippen LogP contribution is 2.12. The largest absolute Gasteiger partial charge is 0.321 e. The van der Waals surface area contributed by atoms with Gasteiger partial charge in [0, 0.05) is 0 Å². The first-order chi connectivity index (χ1) is 10.2. The van der Waals surface area contributed by atoms with E-state index in [0.717, 1.165) is 26.2 Å². The second kappa shape index (κ2) is 7.91. The van der Waals surface area contributed by atoms with E-state index in [9.17, 15) is 0 Å². The molecule has 0 heterocycles. The molecule has 0 N–H and O–H groups in total. The highest BCUT2D eigenvalue weighted by atomic mass is 28.3. The van der Waals surface area contributed by atoms with Crippen LogP contribution in [0, 0.1) is 0 Å². The summed E-state index contributed by atoms with van der Waals surface area (Å²) in [5, 5.41) is 3.12. The Morgan fingerprint density at radius 1 is 0.591 bits per heavy atom. The molecule has 0 bridgehead atoms. The molecule has 2 nitrogen and oxygen atoms in total. The van der Waals surface area contributed by atoms with Gasteiger partial charge in [0.25, 0.3) is 0 Å². The highest BCUT2D eigenvalue weighted by Gasteiger charge is 2.32. The Labute approximate surface area is 140 Å². The lowest BCUT2D eigenvalue weighted by Gasteiger charge is -2.38. The van der Waals surface area contributed by atoms with Gasteiger partial charge in [0.05, 0.1) is 0 Å². The van der Waals surface area contributed by atoms with Gasteiger partial charge in [-0.1, -0.05) is 78.1 Å². The molecule has 22 heavy (non-hydrogen) atoms. The predicted molar refractivity (Wildman–Crippen MR) is 107 cm³/mol. The van der Waals surface area contributed by atoms with Gasteiger partial charge in [0.2, 0.25) is 0 Å². The molecule has 0 aromatic heterocycles. The molecule has 1 aromatic rings. The summed E-state index contributed by atoms with van der Waals surface area (Å²) in [6, 6.07) is 9.66. The fourth-order valence-corrected chi connectivity index (χ4v) is 9.54. The van der Waals surface area contributed by atoms with Crippen molar-refractivity contribution in [1.82, 2.24) is 9.13 Å². The fraction of sp³-hybridized carbons (Fsp3) is 0.667. The minimum Gasteiger partial charge on any atom is -0.321 e. The smallest absolute Gasteiger partial charge is 0.154 e. The molecule has 0 atom stereocenters. The van der Waals surface area contributed by atoms with E-state index in [1.54, 1.807) is 10.4 Å². The standard InChI is InChI=1S/C18H36N2Si2/c1-9-19(10-2)21(5,6)17-13-15-18(16-14-17)22(7,8)20(11-3)12-4/h13-16H,9-12H2,1-8H3. The zero-order chi connectivity index (χ0) is 17.0. The van der Waals surface area contributed by atoms with Gasteiger partial charge in [-0.05, 0) is 36.6 Å². The van der Waals surface area contributed by atoms with Crippen molar-refractivity contribution >= 4 is 26.8 Å². The van der Waals surface area contributed by atoms with Crippen LogP contribution in [0.4, 0.5) is 0 Å². The zero-order valence-electron chi connectivity index (χ0n) is 16.0. The lowest BCUT2D eigenvalue weighted by molar-refractivity contribution is 0.474. The third-order valence-corrected chi connectivity index (χ3v) is 13.3. The summed E-state index contributed by atoms with van der Waals surface area (Å²) in [4.78, 5) is 0. The monoisotopic (exact) mass is 336 g/mol. The van der Waals surface area contributed by atoms with Crippen LogP contribution in [0.2, 0.25) is 26.2 Å². The number of nitrogens with zero attached hydrogens (tertiary/aromatic N) is 2. The fourth-order valence-electron chi connectivity index (χ4n) is 3.68. The second-order valence-electron chi connectivity index (χ2n) is 7.04. The molecule has 0 saturated heterocycles. The van der Waals surface area contributed by atoms with Crippen LogP contribution in [0.5, 0.6) is 0 Å². The Balaban J connectivity index is 3.09. The molecule has 0 saturated carbocycles. The van der Waals surface area contributed by atoms with Gasteiger partial charge in [-0.25, -0.2) is 0 Å². The van der Waals surface area contributed by atoms with Crippen molar-refractivity contribution < 1.29 is 0 Å². The maximum absolute atomic E-state index is 2.66. The Bertz CT molecular complexity index is 404. The van der Waals surface area contributed by atoms with E-state index >= 15 is 0 Å². The van der Waals surface area contributed by atoms with E-state index in [4.69, 9.17) is 0 Å². The third kappa shape index (κ3) is 3.91. The quantitative estimate of drug-likeness (QED) is 0.673. The van der Waals surface area contributed by atoms with Crippen LogP contribution in [-0.2, 0) is 0 Å². The number of rotatable bonds is 8. The van der Waals surface area contributed by atoms with Crippen molar-refractivity contribution in [2.45, 2.75) is 53.9 Å². The zero-order valence-corrected chi connectivity index (χ0v) is 18.0. The first-order valence-electron chi connectivity index (χ1n) is 8.86. The van der Waals surface area contributed by atoms with Crippen molar-refractivity contribution in [3.05, 3.63) is 24.3 Å². The molecule has 0 aliphatic heterocycles. The molecular formula is C18H36N2Si2. The van der Waals surface area contributed by atoms with E-state index < -0.39 is 16.5 Å². The third-order valence-electron chi connectivity index (χ3n) is 5.41. The van der Waals surface area contributed by atoms with Crippen LogP contribution >= 0.6 is 0 Å². The average Bonchev–Trinajstić information content (AvgIpc) is 2.49. The van der Waals surface area contributed by atoms with E-state index in [-0.39, 0.29) is 0 Å². The molecule has 0 unspecified atom stereocenters. The van der Waals surface area contributed by atoms with E-state index in [2.05, 4.69) is 87.3 Å². The lowest BCUT2D eigenvalue weighted by atomic mass is 10.4. The Morgan fingerprint density at radius 3 is 1.00 bits per heavy atom. The minimum atomic E-state index is -1.50. The van der Waals surface area contributed by atoms with Gasteiger partial charge in [0.1, 0.15) is 0 Å². The van der Waals surface area contributed by atoms with Gasteiger partial charge in [-0.3, -0.25) is 0 Å². The number of hydrogen-bond acceptors (Lipinski definition) is 2. The molecule has 0 aliphatic carbocycles. The van der Waals surface area contributed by atoms with Crippen molar-refractivity contribution in [3.63, 3.8) is 0 Å². The van der Waals surface area contributed by atoms with E-state index in [1.165, 1.54) is 0 Å². The van der Waals surface area contributed by atoms with Crippen LogP contribution in [-0.4, -0.2) is 51.8 Å². The summed E-state index contributed by atoms with van der Waals surface area (Å²) in [5.41, 5.74) is 0. The summed E-state index contributed by atoms with van der Waals surface area (Å²) in [5.74, 6) is 0. The molecule has 0 amide bonds. The molecule has 0 spiro atoms. The highest BCUT2D eigenvalue weighted by molar-refractivity contribution is 6.89. The van der Waals surface area contributed by atoms with E-state index in [1.807, 2.05) is 0 Å². The van der Waals surface area contributed by atoms with Crippen LogP contribution < -0.4 is 10.4 Å². The Hall–Kier alpha value is -0.426. The lowest BCUT2D eigenvalue weighted by Crippen LogP contribution is -2.60. The average molecular weight is 337 g/mol. The van der Waals surface area contributed by atoms with Crippen LogP contribution in [0.25, 0.3) is 0 Å². The molecule has 1 rings (SSSR count). The Kier molecular flexibility index (Phi) is 7.05. The van der Waals surface area contributed by atoms with Crippen LogP contribution in [0.15, 0.2) is 24.3 Å². The minimum absolute atomic E-state index is 1.15. The van der Waals surface area contributed by atoms with Gasteiger partial charge < -0.3 is 9.13 Å². The SMILES string of the molecule is CCN(CC)[Si](C)(C)c1ccc([Si](C)(C)N(CC)CC)cc1. The Morgan fingerprint density at radius 2 is 0.818 bits per heavy atom. The van der Waals surface area contributed by atoms with Crippen molar-refractivity contribution in [3.8, 4) is 0 Å². The van der Waals surface area contributed by atoms with E-state index in [0.29, 0.717) is 0 Å². The summed E-state index contributed by atoms with van der Waals surface area (Å²) in [6.45, 7) is 23.6. The van der Waals surface area contributed by atoms with Gasteiger partial charge >= 0.3 is 0 Å². The van der Waals surface area contributed by atoms with Crippen molar-refractivity contribution in [2.75, 3.05) is 26.2 Å². The molecular weight excluding hydrogens is 300 g/mol. The second-order valence-corrected chi connectivity index (χ2v) is 15.7. The maximum atomic E-state index is 2.66. The van der Waals surface area contributed by atoms with Crippen molar-refractivity contribution in [1.29, 1.82) is 0 Å². The first-order valence-corrected chi connectivity index (χ1v) is 14.8. The van der Waals surface area contributed by atoms with Crippen LogP contribution in [0.1, 0.15) is 27.7 Å². The topological polar surface area (TPSA) is 6.48 Å². The molecule has 4 heteroatoms. The maximum Gasteiger partial charge on any atom is 0.154 e. The summed E-state index contributed by atoms with van der Waals surface area (Å²) >= 11 is 0. The number of benzene rings is 1. The predicted octanol–water partition coefficient (Wildman–Crippen LogP) is 3.19. The first kappa shape index (κ1) is 19.6. The summed E-state index contributed by atoms with van der Waals surface area (Å²) in [6.07, 6.45) is 0. The normalized spacial score (nSPS) is 13.2. The van der Waals surface area contributed by atoms with Crippen molar-refractivity contribution in [2.24, 2.45) is 0 Å². The molecule has 0 aliphatic rings. The van der Waals surface area contributed by atoms with Gasteiger partial charge in [-0.15, -0.1) is 0 Å². The molecule has 126 valence electrons. The molecule has 1 aromatic carbocycles. The van der Waals surface area contributed by atoms with Crippen LogP contribution in [0.3, 0.4) is 0 Å². The molecule has 0 fully saturated rings. The molecule has 0 radical (unpaired) electrons. The summed E-state index contributed by atoms with van der Waals surface area (Å²) < 4.78 is 5.32. The summed E-state index contributed by atoms with van der Waals surface area (Å²) in [7, 11) is -3.00. The number of hydrogen-bond donors (Lipinski definition) is 0. The van der Waals surface area contributed by atoms with Gasteiger partial charge in [0.15, 0.2) is 16.5 Å².